The summed E-state index contributed by atoms with van der Waals surface area (Å²) < 4.78 is 15.7. The van der Waals surface area contributed by atoms with Crippen LogP contribution in [0.15, 0.2) is 24.4 Å². The van der Waals surface area contributed by atoms with E-state index in [1.54, 1.807) is 12.1 Å². The molecule has 0 spiro atoms. The van der Waals surface area contributed by atoms with Gasteiger partial charge in [-0.15, -0.1) is 0 Å². The van der Waals surface area contributed by atoms with Crippen LogP contribution in [-0.2, 0) is 0 Å². The van der Waals surface area contributed by atoms with E-state index in [0.717, 1.165) is 11.3 Å². The molecule has 0 aliphatic carbocycles. The Bertz CT molecular complexity index is 558. The van der Waals surface area contributed by atoms with E-state index < -0.39 is 0 Å². The molecule has 0 aliphatic rings. The maximum atomic E-state index is 13.7. The largest absolute Gasteiger partial charge is 0.323 e. The summed E-state index contributed by atoms with van der Waals surface area (Å²) in [5, 5.41) is 3.06. The van der Waals surface area contributed by atoms with E-state index in [2.05, 4.69) is 24.1 Å². The van der Waals surface area contributed by atoms with Crippen LogP contribution in [0.1, 0.15) is 31.1 Å². The molecule has 2 aromatic rings. The molecule has 0 radical (unpaired) electrons. The van der Waals surface area contributed by atoms with Crippen molar-refractivity contribution < 1.29 is 4.39 Å². The van der Waals surface area contributed by atoms with Crippen molar-refractivity contribution in [1.82, 2.24) is 9.55 Å². The first-order valence-corrected chi connectivity index (χ1v) is 6.06. The van der Waals surface area contributed by atoms with Crippen molar-refractivity contribution >= 4 is 11.6 Å². The minimum atomic E-state index is -0.267. The topological polar surface area (TPSA) is 29.9 Å². The normalized spacial score (nSPS) is 11.0. The molecule has 96 valence electrons. The number of hydrogen-bond acceptors (Lipinski definition) is 2. The fourth-order valence-electron chi connectivity index (χ4n) is 1.86. The van der Waals surface area contributed by atoms with Gasteiger partial charge < -0.3 is 9.88 Å². The van der Waals surface area contributed by atoms with Crippen LogP contribution < -0.4 is 5.32 Å². The number of rotatable bonds is 3. The van der Waals surface area contributed by atoms with Gasteiger partial charge in [0.1, 0.15) is 5.82 Å². The van der Waals surface area contributed by atoms with E-state index in [0.29, 0.717) is 11.6 Å². The molecule has 1 heterocycles. The predicted octanol–water partition coefficient (Wildman–Crippen LogP) is 3.96. The lowest BCUT2D eigenvalue weighted by Gasteiger charge is -2.13. The summed E-state index contributed by atoms with van der Waals surface area (Å²) in [5.74, 6) is 0.406. The van der Waals surface area contributed by atoms with E-state index in [-0.39, 0.29) is 11.9 Å². The Morgan fingerprint density at radius 1 is 1.28 bits per heavy atom. The smallest absolute Gasteiger partial charge is 0.207 e. The lowest BCUT2D eigenvalue weighted by molar-refractivity contribution is 0.604. The minimum Gasteiger partial charge on any atom is -0.323 e. The summed E-state index contributed by atoms with van der Waals surface area (Å²) in [5.41, 5.74) is 2.39. The fraction of sp³-hybridized carbons (Fsp3) is 0.357. The summed E-state index contributed by atoms with van der Waals surface area (Å²) in [4.78, 5) is 4.38. The zero-order chi connectivity index (χ0) is 13.3. The number of anilines is 2. The third-order valence-electron chi connectivity index (χ3n) is 2.78. The first-order valence-electron chi connectivity index (χ1n) is 6.06. The number of hydrogen-bond donors (Lipinski definition) is 1. The molecule has 0 aliphatic heterocycles. The van der Waals surface area contributed by atoms with Crippen LogP contribution in [0.3, 0.4) is 0 Å². The van der Waals surface area contributed by atoms with Gasteiger partial charge in [0.25, 0.3) is 0 Å². The summed E-state index contributed by atoms with van der Waals surface area (Å²) in [6, 6.07) is 5.28. The molecule has 0 fully saturated rings. The molecule has 0 atom stereocenters. The highest BCUT2D eigenvalue weighted by molar-refractivity contribution is 5.56. The van der Waals surface area contributed by atoms with Gasteiger partial charge in [0, 0.05) is 12.2 Å². The summed E-state index contributed by atoms with van der Waals surface area (Å²) in [6.45, 7) is 8.00. The Balaban J connectivity index is 2.36. The number of aromatic nitrogens is 2. The quantitative estimate of drug-likeness (QED) is 0.889. The van der Waals surface area contributed by atoms with E-state index in [9.17, 15) is 4.39 Å². The van der Waals surface area contributed by atoms with Gasteiger partial charge in [0.15, 0.2) is 0 Å². The monoisotopic (exact) mass is 247 g/mol. The van der Waals surface area contributed by atoms with Crippen molar-refractivity contribution in [3.63, 3.8) is 0 Å². The van der Waals surface area contributed by atoms with Crippen LogP contribution in [0.2, 0.25) is 0 Å². The molecule has 0 saturated heterocycles. The van der Waals surface area contributed by atoms with Crippen LogP contribution in [0.25, 0.3) is 0 Å². The van der Waals surface area contributed by atoms with E-state index in [1.165, 1.54) is 6.07 Å². The molecule has 1 aromatic heterocycles. The van der Waals surface area contributed by atoms with E-state index >= 15 is 0 Å². The van der Waals surface area contributed by atoms with Crippen molar-refractivity contribution in [1.29, 1.82) is 0 Å². The van der Waals surface area contributed by atoms with Crippen molar-refractivity contribution in [2.24, 2.45) is 0 Å². The van der Waals surface area contributed by atoms with Gasteiger partial charge in [-0.2, -0.15) is 0 Å². The van der Waals surface area contributed by atoms with Gasteiger partial charge in [-0.25, -0.2) is 9.37 Å². The second-order valence-electron chi connectivity index (χ2n) is 4.82. The Hall–Kier alpha value is -1.84. The third-order valence-corrected chi connectivity index (χ3v) is 2.78. The summed E-state index contributed by atoms with van der Waals surface area (Å²) >= 11 is 0. The van der Waals surface area contributed by atoms with Crippen LogP contribution >= 0.6 is 0 Å². The number of nitrogens with one attached hydrogen (secondary N) is 1. The molecular formula is C14H18FN3. The average Bonchev–Trinajstić information content (AvgIpc) is 2.65. The molecule has 18 heavy (non-hydrogen) atoms. The van der Waals surface area contributed by atoms with Gasteiger partial charge in [0.2, 0.25) is 5.95 Å². The van der Waals surface area contributed by atoms with Crippen molar-refractivity contribution in [3.8, 4) is 0 Å². The molecule has 1 N–H and O–H groups in total. The van der Waals surface area contributed by atoms with Crippen molar-refractivity contribution in [3.05, 3.63) is 41.5 Å². The first-order chi connectivity index (χ1) is 8.47. The van der Waals surface area contributed by atoms with E-state index in [4.69, 9.17) is 0 Å². The van der Waals surface area contributed by atoms with Gasteiger partial charge in [-0.05, 0) is 45.4 Å². The second-order valence-corrected chi connectivity index (χ2v) is 4.82. The molecule has 0 unspecified atom stereocenters. The van der Waals surface area contributed by atoms with Gasteiger partial charge in [0.05, 0.1) is 11.4 Å². The highest BCUT2D eigenvalue weighted by atomic mass is 19.1. The van der Waals surface area contributed by atoms with Crippen LogP contribution in [-0.4, -0.2) is 9.55 Å². The molecule has 0 saturated carbocycles. The van der Waals surface area contributed by atoms with Crippen molar-refractivity contribution in [2.45, 2.75) is 33.7 Å². The molecular weight excluding hydrogens is 229 g/mol. The molecule has 2 rings (SSSR count). The highest BCUT2D eigenvalue weighted by Gasteiger charge is 2.10. The average molecular weight is 247 g/mol. The molecule has 1 aromatic carbocycles. The maximum Gasteiger partial charge on any atom is 0.207 e. The zero-order valence-corrected chi connectivity index (χ0v) is 11.2. The fourth-order valence-corrected chi connectivity index (χ4v) is 1.86. The SMILES string of the molecule is Cc1ccc(F)c(Nc2nc(C)cn2C(C)C)c1. The first kappa shape index (κ1) is 12.6. The summed E-state index contributed by atoms with van der Waals surface area (Å²) in [6.07, 6.45) is 1.96. The van der Waals surface area contributed by atoms with Gasteiger partial charge in [-0.1, -0.05) is 6.07 Å². The number of halogens is 1. The lowest BCUT2D eigenvalue weighted by Crippen LogP contribution is -2.06. The molecule has 0 amide bonds. The molecule has 4 heteroatoms. The zero-order valence-electron chi connectivity index (χ0n) is 11.2. The minimum absolute atomic E-state index is 0.267. The number of imidazole rings is 1. The van der Waals surface area contributed by atoms with Crippen LogP contribution in [0.4, 0.5) is 16.0 Å². The Kier molecular flexibility index (Phi) is 3.36. The third kappa shape index (κ3) is 2.53. The highest BCUT2D eigenvalue weighted by Crippen LogP contribution is 2.23. The van der Waals surface area contributed by atoms with E-state index in [1.807, 2.05) is 24.6 Å². The lowest BCUT2D eigenvalue weighted by atomic mass is 10.2. The van der Waals surface area contributed by atoms with Gasteiger partial charge >= 0.3 is 0 Å². The molecule has 0 bridgehead atoms. The Morgan fingerprint density at radius 2 is 2.00 bits per heavy atom. The van der Waals surface area contributed by atoms with Crippen LogP contribution in [0.5, 0.6) is 0 Å². The molecule has 3 nitrogen and oxygen atoms in total. The number of benzene rings is 1. The summed E-state index contributed by atoms with van der Waals surface area (Å²) in [7, 11) is 0. The van der Waals surface area contributed by atoms with Crippen molar-refractivity contribution in [2.75, 3.05) is 5.32 Å². The maximum absolute atomic E-state index is 13.7. The number of nitrogens with zero attached hydrogens (tertiary/aromatic N) is 2. The van der Waals surface area contributed by atoms with Gasteiger partial charge in [-0.3, -0.25) is 0 Å². The Labute approximate surface area is 107 Å². The second kappa shape index (κ2) is 4.80. The predicted molar refractivity (Wildman–Crippen MR) is 71.8 cm³/mol. The van der Waals surface area contributed by atoms with Crippen LogP contribution in [0, 0.1) is 19.7 Å². The standard InChI is InChI=1S/C14H18FN3/c1-9(2)18-8-11(4)16-14(18)17-13-7-10(3)5-6-12(13)15/h5-9H,1-4H3,(H,16,17). The number of aryl methyl sites for hydroxylation is 2. The Morgan fingerprint density at radius 3 is 2.67 bits per heavy atom.